The van der Waals surface area contributed by atoms with Gasteiger partial charge in [0, 0.05) is 11.0 Å². The van der Waals surface area contributed by atoms with E-state index in [9.17, 15) is 0 Å². The first-order valence-electron chi connectivity index (χ1n) is 15.7. The van der Waals surface area contributed by atoms with Gasteiger partial charge in [-0.15, -0.1) is 0 Å². The van der Waals surface area contributed by atoms with Crippen molar-refractivity contribution in [3.8, 4) is 11.5 Å². The van der Waals surface area contributed by atoms with Crippen molar-refractivity contribution in [2.75, 3.05) is 26.4 Å². The quantitative estimate of drug-likeness (QED) is 0.380. The Kier molecular flexibility index (Phi) is 4.82. The number of benzene rings is 1. The minimum absolute atomic E-state index is 0.255. The second-order valence-electron chi connectivity index (χ2n) is 15.2. The van der Waals surface area contributed by atoms with E-state index in [2.05, 4.69) is 13.0 Å². The molecule has 11 rings (SSSR count). The molecule has 0 aromatic heterocycles. The highest BCUT2D eigenvalue weighted by Crippen LogP contribution is 2.68. The van der Waals surface area contributed by atoms with E-state index in [0.29, 0.717) is 18.6 Å². The molecule has 37 heavy (non-hydrogen) atoms. The Labute approximate surface area is 222 Å². The van der Waals surface area contributed by atoms with Crippen LogP contribution in [-0.2, 0) is 20.3 Å². The lowest BCUT2D eigenvalue weighted by Gasteiger charge is -2.61. The largest absolute Gasteiger partial charge is 0.487 e. The lowest BCUT2D eigenvalue weighted by atomic mass is 9.43. The molecule has 0 N–H and O–H groups in total. The van der Waals surface area contributed by atoms with E-state index in [4.69, 9.17) is 18.9 Å². The summed E-state index contributed by atoms with van der Waals surface area (Å²) >= 11 is 0. The first kappa shape index (κ1) is 22.5. The summed E-state index contributed by atoms with van der Waals surface area (Å²) in [6, 6.07) is 2.38. The smallest absolute Gasteiger partial charge is 0.165 e. The Balaban J connectivity index is 1.24. The number of hydrogen-bond donors (Lipinski definition) is 0. The molecular weight excluding hydrogens is 460 g/mol. The summed E-state index contributed by atoms with van der Waals surface area (Å²) in [6.07, 6.45) is 17.8. The Bertz CT molecular complexity index is 1030. The van der Waals surface area contributed by atoms with Crippen molar-refractivity contribution in [2.24, 2.45) is 35.5 Å². The van der Waals surface area contributed by atoms with Crippen LogP contribution in [0.25, 0.3) is 0 Å². The SMILES string of the molecule is Cc1cc(OCC2CO2)c(OCC2CO2)c(C23CC4CC(CC(C4)C2)C3)c1C12CC3CC(CC(C3)C1)C2. The summed E-state index contributed by atoms with van der Waals surface area (Å²) in [5.74, 6) is 7.70. The standard InChI is InChI=1S/C33H44O4/c1-19-2-28(36-17-26-15-34-26)31(37-18-27-16-35-27)30(33-12-23-6-24(13-33)8-25(7-23)14-33)29(19)32-9-20-3-21(10-32)5-22(4-20)11-32/h2,20-27H,3-18H2,1H3. The molecule has 0 radical (unpaired) electrons. The van der Waals surface area contributed by atoms with Gasteiger partial charge < -0.3 is 18.9 Å². The van der Waals surface area contributed by atoms with Crippen molar-refractivity contribution >= 4 is 0 Å². The summed E-state index contributed by atoms with van der Waals surface area (Å²) < 4.78 is 24.7. The predicted molar refractivity (Wildman–Crippen MR) is 141 cm³/mol. The first-order valence-corrected chi connectivity index (χ1v) is 15.7. The van der Waals surface area contributed by atoms with Gasteiger partial charge >= 0.3 is 0 Å². The number of hydrogen-bond acceptors (Lipinski definition) is 4. The van der Waals surface area contributed by atoms with Gasteiger partial charge in [-0.3, -0.25) is 0 Å². The van der Waals surface area contributed by atoms with E-state index in [0.717, 1.165) is 60.2 Å². The molecule has 2 atom stereocenters. The summed E-state index contributed by atoms with van der Waals surface area (Å²) in [5.41, 5.74) is 5.53. The van der Waals surface area contributed by atoms with Crippen molar-refractivity contribution in [1.29, 1.82) is 0 Å². The van der Waals surface area contributed by atoms with E-state index in [1.165, 1.54) is 82.6 Å². The molecule has 10 aliphatic rings. The molecular formula is C33H44O4. The molecule has 0 spiro atoms. The van der Waals surface area contributed by atoms with Gasteiger partial charge in [-0.25, -0.2) is 0 Å². The average Bonchev–Trinajstić information content (AvgIpc) is 3.75. The van der Waals surface area contributed by atoms with Gasteiger partial charge in [0.15, 0.2) is 11.5 Å². The van der Waals surface area contributed by atoms with Gasteiger partial charge in [-0.05, 0) is 142 Å². The average molecular weight is 505 g/mol. The van der Waals surface area contributed by atoms with Crippen LogP contribution in [0.15, 0.2) is 6.07 Å². The highest BCUT2D eigenvalue weighted by Gasteiger charge is 2.58. The van der Waals surface area contributed by atoms with E-state index < -0.39 is 0 Å². The lowest BCUT2D eigenvalue weighted by Crippen LogP contribution is -2.52. The fraction of sp³-hybridized carbons (Fsp3) is 0.818. The Morgan fingerprint density at radius 3 is 1.49 bits per heavy atom. The summed E-state index contributed by atoms with van der Waals surface area (Å²) in [4.78, 5) is 0. The fourth-order valence-corrected chi connectivity index (χ4v) is 11.7. The molecule has 1 aromatic rings. The van der Waals surface area contributed by atoms with E-state index in [-0.39, 0.29) is 17.6 Å². The third-order valence-electron chi connectivity index (χ3n) is 12.2. The normalized spacial score (nSPS) is 47.9. The lowest BCUT2D eigenvalue weighted by molar-refractivity contribution is -0.0189. The summed E-state index contributed by atoms with van der Waals surface area (Å²) in [5, 5.41) is 0. The van der Waals surface area contributed by atoms with Gasteiger partial charge in [0.2, 0.25) is 0 Å². The molecule has 0 amide bonds. The van der Waals surface area contributed by atoms with E-state index >= 15 is 0 Å². The topological polar surface area (TPSA) is 43.5 Å². The van der Waals surface area contributed by atoms with Crippen LogP contribution < -0.4 is 9.47 Å². The second kappa shape index (κ2) is 7.90. The van der Waals surface area contributed by atoms with Gasteiger partial charge in [0.1, 0.15) is 25.4 Å². The number of rotatable bonds is 8. The maximum absolute atomic E-state index is 6.90. The van der Waals surface area contributed by atoms with Crippen LogP contribution in [0.1, 0.15) is 93.7 Å². The molecule has 2 saturated heterocycles. The van der Waals surface area contributed by atoms with Crippen molar-refractivity contribution in [3.63, 3.8) is 0 Å². The highest BCUT2D eigenvalue weighted by molar-refractivity contribution is 5.61. The molecule has 8 saturated carbocycles. The molecule has 8 aliphatic carbocycles. The minimum Gasteiger partial charge on any atom is -0.487 e. The Morgan fingerprint density at radius 2 is 1.05 bits per heavy atom. The van der Waals surface area contributed by atoms with Gasteiger partial charge in [0.05, 0.1) is 13.2 Å². The molecule has 8 bridgehead atoms. The zero-order valence-corrected chi connectivity index (χ0v) is 22.6. The number of epoxide rings is 2. The maximum atomic E-state index is 6.90. The molecule has 2 aliphatic heterocycles. The van der Waals surface area contributed by atoms with Crippen molar-refractivity contribution < 1.29 is 18.9 Å². The van der Waals surface area contributed by atoms with Gasteiger partial charge in [-0.2, -0.15) is 0 Å². The molecule has 4 heteroatoms. The number of aryl methyl sites for hydroxylation is 1. The molecule has 1 aromatic carbocycles. The first-order chi connectivity index (χ1) is 18.0. The van der Waals surface area contributed by atoms with Crippen molar-refractivity contribution in [3.05, 3.63) is 22.8 Å². The third kappa shape index (κ3) is 3.67. The molecule has 200 valence electrons. The second-order valence-corrected chi connectivity index (χ2v) is 15.2. The summed E-state index contributed by atoms with van der Waals surface area (Å²) in [7, 11) is 0. The molecule has 10 fully saturated rings. The van der Waals surface area contributed by atoms with Crippen LogP contribution in [0.4, 0.5) is 0 Å². The van der Waals surface area contributed by atoms with Crippen LogP contribution in [0, 0.1) is 42.4 Å². The third-order valence-corrected chi connectivity index (χ3v) is 12.2. The van der Waals surface area contributed by atoms with Crippen LogP contribution in [-0.4, -0.2) is 38.6 Å². The monoisotopic (exact) mass is 504 g/mol. The Hall–Kier alpha value is -1.26. The van der Waals surface area contributed by atoms with Crippen LogP contribution in [0.3, 0.4) is 0 Å². The van der Waals surface area contributed by atoms with Crippen LogP contribution in [0.5, 0.6) is 11.5 Å². The van der Waals surface area contributed by atoms with Crippen LogP contribution in [0.2, 0.25) is 0 Å². The predicted octanol–water partition coefficient (Wildman–Crippen LogP) is 6.49. The minimum atomic E-state index is 0.255. The van der Waals surface area contributed by atoms with Gasteiger partial charge in [0.25, 0.3) is 0 Å². The zero-order chi connectivity index (χ0) is 24.4. The zero-order valence-electron chi connectivity index (χ0n) is 22.6. The van der Waals surface area contributed by atoms with Crippen LogP contribution >= 0.6 is 0 Å². The van der Waals surface area contributed by atoms with E-state index in [1.807, 2.05) is 0 Å². The van der Waals surface area contributed by atoms with Crippen molar-refractivity contribution in [2.45, 2.75) is 107 Å². The Morgan fingerprint density at radius 1 is 0.649 bits per heavy atom. The van der Waals surface area contributed by atoms with Crippen molar-refractivity contribution in [1.82, 2.24) is 0 Å². The van der Waals surface area contributed by atoms with E-state index in [1.54, 1.807) is 11.1 Å². The molecule has 2 heterocycles. The van der Waals surface area contributed by atoms with Gasteiger partial charge in [-0.1, -0.05) is 0 Å². The number of ether oxygens (including phenoxy) is 4. The molecule has 2 unspecified atom stereocenters. The highest BCUT2D eigenvalue weighted by atomic mass is 16.6. The summed E-state index contributed by atoms with van der Waals surface area (Å²) in [6.45, 7) is 5.41. The maximum Gasteiger partial charge on any atom is 0.165 e. The fourth-order valence-electron chi connectivity index (χ4n) is 11.7. The molecule has 4 nitrogen and oxygen atoms in total.